The van der Waals surface area contributed by atoms with Gasteiger partial charge in [0.1, 0.15) is 17.2 Å². The SMILES string of the molecule is CCOP(C)(=O)c1ccc(C(NC(=O)C2=CN=C(n3cccn3)CCCC2=O)c2ccc(F)cc2)cc1. The van der Waals surface area contributed by atoms with Crippen LogP contribution < -0.4 is 10.6 Å². The third-order valence-corrected chi connectivity index (χ3v) is 8.00. The standard InChI is InChI=1S/C27H28FN4O4P/c1-3-36-37(2,35)22-14-10-20(11-15-22)26(19-8-12-21(28)13-9-19)31-27(34)23-18-29-25(7-4-6-24(23)33)32-17-5-16-30-32/h5,8-18,26H,3-4,6-7H2,1-2H3,(H,31,34). The minimum Gasteiger partial charge on any atom is -0.341 e. The summed E-state index contributed by atoms with van der Waals surface area (Å²) in [6, 6.07) is 13.7. The molecule has 0 aliphatic carbocycles. The van der Waals surface area contributed by atoms with Crippen LogP contribution >= 0.6 is 7.37 Å². The highest BCUT2D eigenvalue weighted by Gasteiger charge is 2.25. The van der Waals surface area contributed by atoms with E-state index in [1.807, 2.05) is 0 Å². The lowest BCUT2D eigenvalue weighted by Crippen LogP contribution is -2.33. The van der Waals surface area contributed by atoms with E-state index in [-0.39, 0.29) is 17.8 Å². The van der Waals surface area contributed by atoms with Gasteiger partial charge in [-0.2, -0.15) is 5.10 Å². The second-order valence-corrected chi connectivity index (χ2v) is 11.1. The Morgan fingerprint density at radius 2 is 1.81 bits per heavy atom. The number of rotatable bonds is 7. The van der Waals surface area contributed by atoms with Gasteiger partial charge in [-0.15, -0.1) is 0 Å². The van der Waals surface area contributed by atoms with E-state index in [0.717, 1.165) is 0 Å². The van der Waals surface area contributed by atoms with E-state index in [0.29, 0.717) is 41.7 Å². The van der Waals surface area contributed by atoms with Crippen LogP contribution in [0.2, 0.25) is 0 Å². The molecule has 0 saturated carbocycles. The Hall–Kier alpha value is -3.68. The van der Waals surface area contributed by atoms with Crippen LogP contribution in [0.25, 0.3) is 0 Å². The second kappa shape index (κ2) is 11.6. The fraction of sp³-hybridized carbons (Fsp3) is 0.259. The molecule has 2 unspecified atom stereocenters. The van der Waals surface area contributed by atoms with Crippen LogP contribution in [0.3, 0.4) is 0 Å². The van der Waals surface area contributed by atoms with E-state index in [1.54, 1.807) is 73.1 Å². The number of amides is 1. The van der Waals surface area contributed by atoms with Gasteiger partial charge in [0.05, 0.1) is 12.6 Å². The summed E-state index contributed by atoms with van der Waals surface area (Å²) in [5, 5.41) is 7.63. The molecule has 0 fully saturated rings. The number of hydrogen-bond donors (Lipinski definition) is 1. The smallest absolute Gasteiger partial charge is 0.257 e. The Kier molecular flexibility index (Phi) is 8.26. The molecule has 2 heterocycles. The molecular weight excluding hydrogens is 494 g/mol. The number of nitrogens with one attached hydrogen (secondary N) is 1. The lowest BCUT2D eigenvalue weighted by Gasteiger charge is -2.22. The number of carbonyl (C=O) groups excluding carboxylic acids is 2. The molecule has 2 atom stereocenters. The fourth-order valence-electron chi connectivity index (χ4n) is 4.08. The van der Waals surface area contributed by atoms with Gasteiger partial charge in [0.15, 0.2) is 5.78 Å². The number of ketones is 1. The first-order valence-electron chi connectivity index (χ1n) is 12.0. The summed E-state index contributed by atoms with van der Waals surface area (Å²) in [5.74, 6) is -0.681. The summed E-state index contributed by atoms with van der Waals surface area (Å²) in [7, 11) is -2.98. The van der Waals surface area contributed by atoms with Crippen LogP contribution in [0.1, 0.15) is 43.4 Å². The maximum absolute atomic E-state index is 13.6. The molecule has 8 nitrogen and oxygen atoms in total. The van der Waals surface area contributed by atoms with Crippen molar-refractivity contribution in [3.63, 3.8) is 0 Å². The Morgan fingerprint density at radius 3 is 2.43 bits per heavy atom. The van der Waals surface area contributed by atoms with Crippen LogP contribution in [0.4, 0.5) is 4.39 Å². The number of nitrogens with zero attached hydrogens (tertiary/aromatic N) is 3. The number of aliphatic imine (C=N–C) groups is 1. The van der Waals surface area contributed by atoms with E-state index < -0.39 is 25.1 Å². The highest BCUT2D eigenvalue weighted by Crippen LogP contribution is 2.41. The zero-order valence-electron chi connectivity index (χ0n) is 20.6. The van der Waals surface area contributed by atoms with Crippen molar-refractivity contribution in [2.24, 2.45) is 4.99 Å². The fourth-order valence-corrected chi connectivity index (χ4v) is 5.41. The third-order valence-electron chi connectivity index (χ3n) is 6.01. The molecule has 10 heteroatoms. The van der Waals surface area contributed by atoms with Gasteiger partial charge in [0.2, 0.25) is 7.37 Å². The molecule has 0 spiro atoms. The number of halogens is 1. The highest BCUT2D eigenvalue weighted by molar-refractivity contribution is 7.66. The van der Waals surface area contributed by atoms with E-state index >= 15 is 0 Å². The monoisotopic (exact) mass is 522 g/mol. The molecule has 0 bridgehead atoms. The molecule has 4 rings (SSSR count). The van der Waals surface area contributed by atoms with Gasteiger partial charge in [0.25, 0.3) is 5.91 Å². The van der Waals surface area contributed by atoms with Crippen molar-refractivity contribution >= 4 is 30.2 Å². The number of aromatic nitrogens is 2. The minimum absolute atomic E-state index is 0.0671. The lowest BCUT2D eigenvalue weighted by molar-refractivity contribution is -0.123. The molecule has 3 aromatic rings. The summed E-state index contributed by atoms with van der Waals surface area (Å²) in [5.41, 5.74) is 1.22. The quantitative estimate of drug-likeness (QED) is 0.367. The van der Waals surface area contributed by atoms with Crippen molar-refractivity contribution in [1.29, 1.82) is 0 Å². The molecule has 1 aromatic heterocycles. The zero-order chi connectivity index (χ0) is 26.4. The molecule has 1 N–H and O–H groups in total. The Bertz CT molecular complexity index is 1370. The van der Waals surface area contributed by atoms with Crippen molar-refractivity contribution in [2.45, 2.75) is 32.2 Å². The van der Waals surface area contributed by atoms with Crippen LogP contribution in [0.15, 0.2) is 83.8 Å². The maximum atomic E-state index is 13.6. The van der Waals surface area contributed by atoms with Crippen LogP contribution in [-0.4, -0.2) is 40.6 Å². The van der Waals surface area contributed by atoms with E-state index in [9.17, 15) is 18.5 Å². The topological polar surface area (TPSA) is 103 Å². The lowest BCUT2D eigenvalue weighted by atomic mass is 9.97. The van der Waals surface area contributed by atoms with Gasteiger partial charge >= 0.3 is 0 Å². The first-order valence-corrected chi connectivity index (χ1v) is 14.0. The first-order chi connectivity index (χ1) is 17.8. The molecule has 1 aliphatic rings. The Morgan fingerprint density at radius 1 is 1.14 bits per heavy atom. The van der Waals surface area contributed by atoms with Crippen molar-refractivity contribution in [2.75, 3.05) is 13.3 Å². The van der Waals surface area contributed by atoms with Gasteiger partial charge < -0.3 is 9.84 Å². The molecule has 192 valence electrons. The van der Waals surface area contributed by atoms with Crippen LogP contribution in [-0.2, 0) is 18.7 Å². The summed E-state index contributed by atoms with van der Waals surface area (Å²) in [4.78, 5) is 30.6. The highest BCUT2D eigenvalue weighted by atomic mass is 31.2. The van der Waals surface area contributed by atoms with Crippen LogP contribution in [0.5, 0.6) is 0 Å². The van der Waals surface area contributed by atoms with Crippen molar-refractivity contribution < 1.29 is 23.1 Å². The summed E-state index contributed by atoms with van der Waals surface area (Å²) >= 11 is 0. The maximum Gasteiger partial charge on any atom is 0.257 e. The Balaban J connectivity index is 1.66. The van der Waals surface area contributed by atoms with Gasteiger partial charge in [-0.3, -0.25) is 14.2 Å². The van der Waals surface area contributed by atoms with E-state index in [1.165, 1.54) is 18.3 Å². The summed E-state index contributed by atoms with van der Waals surface area (Å²) in [6.07, 6.45) is 5.94. The third kappa shape index (κ3) is 6.37. The Labute approximate surface area is 214 Å². The van der Waals surface area contributed by atoms with E-state index in [2.05, 4.69) is 15.4 Å². The first kappa shape index (κ1) is 26.4. The summed E-state index contributed by atoms with van der Waals surface area (Å²) in [6.45, 7) is 3.64. The summed E-state index contributed by atoms with van der Waals surface area (Å²) < 4.78 is 33.5. The van der Waals surface area contributed by atoms with Crippen molar-refractivity contribution in [3.05, 3.63) is 95.7 Å². The number of Topliss-reactive ketones (excluding diaryl/α,β-unsaturated/α-hetero) is 1. The number of carbonyl (C=O) groups is 2. The van der Waals surface area contributed by atoms with E-state index in [4.69, 9.17) is 4.52 Å². The van der Waals surface area contributed by atoms with Crippen LogP contribution in [0, 0.1) is 5.82 Å². The molecule has 1 aliphatic heterocycles. The van der Waals surface area contributed by atoms with Gasteiger partial charge in [-0.1, -0.05) is 24.3 Å². The van der Waals surface area contributed by atoms with Crippen molar-refractivity contribution in [3.8, 4) is 0 Å². The van der Waals surface area contributed by atoms with Crippen molar-refractivity contribution in [1.82, 2.24) is 15.1 Å². The molecule has 0 saturated heterocycles. The molecule has 1 amide bonds. The van der Waals surface area contributed by atoms with Gasteiger partial charge in [-0.25, -0.2) is 14.1 Å². The predicted molar refractivity (Wildman–Crippen MR) is 140 cm³/mol. The molecule has 2 aromatic carbocycles. The second-order valence-electron chi connectivity index (χ2n) is 8.63. The molecular formula is C27H28FN4O4P. The molecule has 0 radical (unpaired) electrons. The normalized spacial score (nSPS) is 16.6. The zero-order valence-corrected chi connectivity index (χ0v) is 21.5. The average molecular weight is 523 g/mol. The average Bonchev–Trinajstić information content (AvgIpc) is 3.40. The van der Waals surface area contributed by atoms with Gasteiger partial charge in [-0.05, 0) is 54.8 Å². The molecule has 37 heavy (non-hydrogen) atoms. The number of hydrogen-bond acceptors (Lipinski definition) is 6. The van der Waals surface area contributed by atoms with Gasteiger partial charge in [0, 0.05) is 43.4 Å². The largest absolute Gasteiger partial charge is 0.341 e. The minimum atomic E-state index is -2.98. The number of benzene rings is 2. The predicted octanol–water partition coefficient (Wildman–Crippen LogP) is 4.38.